The van der Waals surface area contributed by atoms with Crippen LogP contribution < -0.4 is 15.2 Å². The van der Waals surface area contributed by atoms with Crippen molar-refractivity contribution in [3.8, 4) is 11.5 Å². The van der Waals surface area contributed by atoms with Crippen molar-refractivity contribution >= 4 is 15.9 Å². The average Bonchev–Trinajstić information content (AvgIpc) is 2.28. The summed E-state index contributed by atoms with van der Waals surface area (Å²) in [5, 5.41) is 0. The molecule has 0 saturated heterocycles. The van der Waals surface area contributed by atoms with Crippen LogP contribution in [0.3, 0.4) is 0 Å². The lowest BCUT2D eigenvalue weighted by molar-refractivity contribution is 0.266. The van der Waals surface area contributed by atoms with Crippen LogP contribution in [0.4, 0.5) is 0 Å². The number of methoxy groups -OCH3 is 1. The predicted molar refractivity (Wildman–Crippen MR) is 62.6 cm³/mol. The topological polar surface area (TPSA) is 44.5 Å². The predicted octanol–water partition coefficient (Wildman–Crippen LogP) is 2.28. The number of nitrogens with two attached hydrogens (primary N) is 1. The molecule has 1 aliphatic rings. The molecule has 2 N–H and O–H groups in total. The lowest BCUT2D eigenvalue weighted by atomic mass is 9.93. The summed E-state index contributed by atoms with van der Waals surface area (Å²) in [4.78, 5) is 0. The molecule has 1 aromatic carbocycles. The van der Waals surface area contributed by atoms with E-state index in [0.29, 0.717) is 12.5 Å². The maximum Gasteiger partial charge on any atom is 0.137 e. The number of rotatable bonds is 2. The molecule has 1 heterocycles. The molecule has 0 radical (unpaired) electrons. The lowest BCUT2D eigenvalue weighted by Crippen LogP contribution is -2.21. The summed E-state index contributed by atoms with van der Waals surface area (Å²) in [6.45, 7) is 1.38. The van der Waals surface area contributed by atoms with Crippen LogP contribution in [0.15, 0.2) is 16.6 Å². The molecule has 0 saturated carbocycles. The van der Waals surface area contributed by atoms with Crippen LogP contribution in [0.2, 0.25) is 0 Å². The van der Waals surface area contributed by atoms with Crippen LogP contribution in [0.25, 0.3) is 0 Å². The summed E-state index contributed by atoms with van der Waals surface area (Å²) in [5.41, 5.74) is 6.90. The monoisotopic (exact) mass is 271 g/mol. The fourth-order valence-corrected chi connectivity index (χ4v) is 2.43. The summed E-state index contributed by atoms with van der Waals surface area (Å²) in [6, 6.07) is 3.93. The number of hydrogen-bond acceptors (Lipinski definition) is 3. The summed E-state index contributed by atoms with van der Waals surface area (Å²) in [6.07, 6.45) is 0.975. The minimum Gasteiger partial charge on any atom is -0.497 e. The van der Waals surface area contributed by atoms with E-state index in [1.165, 1.54) is 0 Å². The zero-order valence-electron chi connectivity index (χ0n) is 8.63. The molecular weight excluding hydrogens is 258 g/mol. The fraction of sp³-hybridized carbons (Fsp3) is 0.455. The highest BCUT2D eigenvalue weighted by atomic mass is 79.9. The van der Waals surface area contributed by atoms with Gasteiger partial charge in [0.05, 0.1) is 18.2 Å². The van der Waals surface area contributed by atoms with Gasteiger partial charge in [-0.2, -0.15) is 0 Å². The van der Waals surface area contributed by atoms with Gasteiger partial charge < -0.3 is 15.2 Å². The van der Waals surface area contributed by atoms with Crippen molar-refractivity contribution in [3.05, 3.63) is 22.2 Å². The van der Waals surface area contributed by atoms with Gasteiger partial charge in [-0.15, -0.1) is 0 Å². The Morgan fingerprint density at radius 1 is 1.60 bits per heavy atom. The van der Waals surface area contributed by atoms with Crippen molar-refractivity contribution < 1.29 is 9.47 Å². The standard InChI is InChI=1S/C11H14BrNO2/c1-14-8-4-9-7(6-13)2-3-15-11(9)10(12)5-8/h4-5,7H,2-3,6,13H2,1H3. The van der Waals surface area contributed by atoms with Gasteiger partial charge in [-0.1, -0.05) is 0 Å². The zero-order valence-corrected chi connectivity index (χ0v) is 10.2. The van der Waals surface area contributed by atoms with E-state index in [0.717, 1.165) is 34.6 Å². The van der Waals surface area contributed by atoms with Crippen LogP contribution in [0.5, 0.6) is 11.5 Å². The zero-order chi connectivity index (χ0) is 10.8. The first kappa shape index (κ1) is 10.8. The number of benzene rings is 1. The van der Waals surface area contributed by atoms with Gasteiger partial charge in [-0.05, 0) is 41.0 Å². The Labute approximate surface area is 97.7 Å². The Balaban J connectivity index is 2.48. The number of halogens is 1. The largest absolute Gasteiger partial charge is 0.497 e. The molecule has 0 spiro atoms. The Bertz CT molecular complexity index is 368. The second-order valence-corrected chi connectivity index (χ2v) is 4.45. The van der Waals surface area contributed by atoms with E-state index in [9.17, 15) is 0 Å². The third kappa shape index (κ3) is 1.96. The molecule has 1 unspecified atom stereocenters. The third-order valence-electron chi connectivity index (χ3n) is 2.72. The SMILES string of the molecule is COc1cc(Br)c2c(c1)C(CN)CCO2. The van der Waals surface area contributed by atoms with Crippen LogP contribution in [0, 0.1) is 0 Å². The van der Waals surface area contributed by atoms with E-state index in [2.05, 4.69) is 15.9 Å². The van der Waals surface area contributed by atoms with Gasteiger partial charge in [0.25, 0.3) is 0 Å². The Morgan fingerprint density at radius 2 is 2.40 bits per heavy atom. The smallest absolute Gasteiger partial charge is 0.137 e. The average molecular weight is 272 g/mol. The van der Waals surface area contributed by atoms with Gasteiger partial charge in [0.1, 0.15) is 11.5 Å². The van der Waals surface area contributed by atoms with Crippen LogP contribution in [-0.4, -0.2) is 20.3 Å². The van der Waals surface area contributed by atoms with Crippen LogP contribution >= 0.6 is 15.9 Å². The molecule has 82 valence electrons. The van der Waals surface area contributed by atoms with Crippen molar-refractivity contribution in [2.45, 2.75) is 12.3 Å². The lowest BCUT2D eigenvalue weighted by Gasteiger charge is -2.26. The second-order valence-electron chi connectivity index (χ2n) is 3.60. The highest BCUT2D eigenvalue weighted by Gasteiger charge is 2.23. The Kier molecular flexibility index (Phi) is 3.17. The van der Waals surface area contributed by atoms with E-state index >= 15 is 0 Å². The van der Waals surface area contributed by atoms with E-state index in [-0.39, 0.29) is 0 Å². The Hall–Kier alpha value is -0.740. The molecule has 2 rings (SSSR count). The number of hydrogen-bond donors (Lipinski definition) is 1. The molecule has 0 fully saturated rings. The van der Waals surface area contributed by atoms with Crippen molar-refractivity contribution in [1.29, 1.82) is 0 Å². The van der Waals surface area contributed by atoms with Crippen molar-refractivity contribution in [3.63, 3.8) is 0 Å². The molecular formula is C11H14BrNO2. The van der Waals surface area contributed by atoms with E-state index in [4.69, 9.17) is 15.2 Å². The van der Waals surface area contributed by atoms with Crippen molar-refractivity contribution in [2.75, 3.05) is 20.3 Å². The number of ether oxygens (including phenoxy) is 2. The van der Waals surface area contributed by atoms with Gasteiger partial charge >= 0.3 is 0 Å². The molecule has 0 amide bonds. The van der Waals surface area contributed by atoms with Crippen LogP contribution in [-0.2, 0) is 0 Å². The van der Waals surface area contributed by atoms with E-state index in [1.807, 2.05) is 12.1 Å². The first-order valence-corrected chi connectivity index (χ1v) is 5.76. The molecule has 0 bridgehead atoms. The quantitative estimate of drug-likeness (QED) is 0.898. The number of fused-ring (bicyclic) bond motifs is 1. The van der Waals surface area contributed by atoms with Crippen LogP contribution in [0.1, 0.15) is 17.9 Å². The summed E-state index contributed by atoms with van der Waals surface area (Å²) < 4.78 is 11.8. The van der Waals surface area contributed by atoms with E-state index in [1.54, 1.807) is 7.11 Å². The molecule has 0 aliphatic carbocycles. The first-order valence-electron chi connectivity index (χ1n) is 4.96. The minimum atomic E-state index is 0.375. The van der Waals surface area contributed by atoms with Gasteiger partial charge in [0.15, 0.2) is 0 Å². The maximum atomic E-state index is 5.75. The normalized spacial score (nSPS) is 19.3. The van der Waals surface area contributed by atoms with Crippen molar-refractivity contribution in [1.82, 2.24) is 0 Å². The summed E-state index contributed by atoms with van der Waals surface area (Å²) in [7, 11) is 1.66. The first-order chi connectivity index (χ1) is 7.26. The molecule has 1 atom stereocenters. The highest BCUT2D eigenvalue weighted by Crippen LogP contribution is 2.41. The molecule has 1 aliphatic heterocycles. The second kappa shape index (κ2) is 4.41. The molecule has 4 heteroatoms. The maximum absolute atomic E-state index is 5.75. The van der Waals surface area contributed by atoms with E-state index < -0.39 is 0 Å². The van der Waals surface area contributed by atoms with Gasteiger partial charge in [0.2, 0.25) is 0 Å². The van der Waals surface area contributed by atoms with Gasteiger partial charge in [-0.3, -0.25) is 0 Å². The molecule has 1 aromatic rings. The molecule has 3 nitrogen and oxygen atoms in total. The summed E-state index contributed by atoms with van der Waals surface area (Å²) >= 11 is 3.48. The van der Waals surface area contributed by atoms with Gasteiger partial charge in [0, 0.05) is 11.5 Å². The summed E-state index contributed by atoms with van der Waals surface area (Å²) in [5.74, 6) is 2.13. The Morgan fingerprint density at radius 3 is 3.07 bits per heavy atom. The highest BCUT2D eigenvalue weighted by molar-refractivity contribution is 9.10. The third-order valence-corrected chi connectivity index (χ3v) is 3.31. The molecule has 15 heavy (non-hydrogen) atoms. The fourth-order valence-electron chi connectivity index (χ4n) is 1.87. The van der Waals surface area contributed by atoms with Crippen molar-refractivity contribution in [2.24, 2.45) is 5.73 Å². The minimum absolute atomic E-state index is 0.375. The van der Waals surface area contributed by atoms with Gasteiger partial charge in [-0.25, -0.2) is 0 Å². The molecule has 0 aromatic heterocycles.